The lowest BCUT2D eigenvalue weighted by Gasteiger charge is -2.32. The Morgan fingerprint density at radius 1 is 1.33 bits per heavy atom. The summed E-state index contributed by atoms with van der Waals surface area (Å²) in [6.07, 6.45) is 2.11. The maximum Gasteiger partial charge on any atom is 0.340 e. The first-order valence-electron chi connectivity index (χ1n) is 7.38. The number of anilines is 1. The minimum atomic E-state index is -0.422. The van der Waals surface area contributed by atoms with E-state index in [1.807, 2.05) is 13.8 Å². The molecule has 1 aromatic rings. The first kappa shape index (κ1) is 15.6. The van der Waals surface area contributed by atoms with Gasteiger partial charge in [0.25, 0.3) is 0 Å². The van der Waals surface area contributed by atoms with Gasteiger partial charge in [0.15, 0.2) is 0 Å². The van der Waals surface area contributed by atoms with E-state index in [4.69, 9.17) is 19.9 Å². The number of esters is 1. The topological polar surface area (TPSA) is 70.8 Å². The molecule has 21 heavy (non-hydrogen) atoms. The Morgan fingerprint density at radius 3 is 2.62 bits per heavy atom. The van der Waals surface area contributed by atoms with Gasteiger partial charge in [0.05, 0.1) is 24.4 Å². The second-order valence-electron chi connectivity index (χ2n) is 5.44. The molecule has 0 aliphatic carbocycles. The largest absolute Gasteiger partial charge is 0.490 e. The maximum absolute atomic E-state index is 11.8. The maximum atomic E-state index is 11.8. The molecule has 5 heteroatoms. The van der Waals surface area contributed by atoms with E-state index in [9.17, 15) is 4.79 Å². The second-order valence-corrected chi connectivity index (χ2v) is 5.44. The molecule has 1 saturated heterocycles. The molecule has 2 unspecified atom stereocenters. The monoisotopic (exact) mass is 293 g/mol. The van der Waals surface area contributed by atoms with Gasteiger partial charge in [0.2, 0.25) is 0 Å². The Bertz CT molecular complexity index is 493. The molecule has 1 aliphatic rings. The Labute approximate surface area is 125 Å². The molecule has 0 amide bonds. The third-order valence-corrected chi connectivity index (χ3v) is 3.48. The van der Waals surface area contributed by atoms with Crippen LogP contribution in [0.15, 0.2) is 18.2 Å². The predicted octanol–water partition coefficient (Wildman–Crippen LogP) is 2.78. The van der Waals surface area contributed by atoms with Crippen molar-refractivity contribution >= 4 is 11.7 Å². The van der Waals surface area contributed by atoms with Crippen LogP contribution in [0, 0.1) is 0 Å². The van der Waals surface area contributed by atoms with E-state index in [0.29, 0.717) is 23.6 Å². The van der Waals surface area contributed by atoms with Crippen LogP contribution in [0.2, 0.25) is 0 Å². The summed E-state index contributed by atoms with van der Waals surface area (Å²) in [5.74, 6) is 0.215. The van der Waals surface area contributed by atoms with Crippen LogP contribution >= 0.6 is 0 Å². The van der Waals surface area contributed by atoms with Crippen molar-refractivity contribution < 1.29 is 19.0 Å². The molecular weight excluding hydrogens is 270 g/mol. The Kier molecular flexibility index (Phi) is 5.07. The summed E-state index contributed by atoms with van der Waals surface area (Å²) in [6.45, 7) is 6.16. The third kappa shape index (κ3) is 4.11. The predicted molar refractivity (Wildman–Crippen MR) is 80.5 cm³/mol. The van der Waals surface area contributed by atoms with Crippen LogP contribution in [0.3, 0.4) is 0 Å². The lowest BCUT2D eigenvalue weighted by Crippen LogP contribution is -2.35. The lowest BCUT2D eigenvalue weighted by molar-refractivity contribution is -0.0721. The number of rotatable bonds is 4. The van der Waals surface area contributed by atoms with Crippen LogP contribution in [-0.4, -0.2) is 30.9 Å². The van der Waals surface area contributed by atoms with Gasteiger partial charge in [-0.25, -0.2) is 4.79 Å². The van der Waals surface area contributed by atoms with E-state index < -0.39 is 5.97 Å². The fourth-order valence-electron chi connectivity index (χ4n) is 2.63. The molecule has 0 radical (unpaired) electrons. The highest BCUT2D eigenvalue weighted by atomic mass is 16.5. The van der Waals surface area contributed by atoms with E-state index in [1.54, 1.807) is 25.1 Å². The fraction of sp³-hybridized carbons (Fsp3) is 0.562. The van der Waals surface area contributed by atoms with Crippen LogP contribution in [0.1, 0.15) is 44.0 Å². The first-order chi connectivity index (χ1) is 9.99. The third-order valence-electron chi connectivity index (χ3n) is 3.48. The van der Waals surface area contributed by atoms with Gasteiger partial charge in [-0.1, -0.05) is 0 Å². The molecule has 0 spiro atoms. The van der Waals surface area contributed by atoms with Gasteiger partial charge in [-0.05, 0) is 39.0 Å². The summed E-state index contributed by atoms with van der Waals surface area (Å²) in [7, 11) is 0. The van der Waals surface area contributed by atoms with Crippen LogP contribution in [0.4, 0.5) is 5.69 Å². The van der Waals surface area contributed by atoms with Crippen LogP contribution < -0.4 is 10.5 Å². The molecule has 0 saturated carbocycles. The van der Waals surface area contributed by atoms with Crippen LogP contribution in [0.25, 0.3) is 0 Å². The van der Waals surface area contributed by atoms with E-state index in [1.165, 1.54) is 0 Å². The van der Waals surface area contributed by atoms with Crippen molar-refractivity contribution in [3.63, 3.8) is 0 Å². The summed E-state index contributed by atoms with van der Waals surface area (Å²) in [5.41, 5.74) is 6.57. The van der Waals surface area contributed by atoms with Gasteiger partial charge < -0.3 is 19.9 Å². The van der Waals surface area contributed by atoms with Crippen molar-refractivity contribution in [2.45, 2.75) is 51.9 Å². The molecule has 0 aromatic heterocycles. The van der Waals surface area contributed by atoms with Crippen molar-refractivity contribution in [3.8, 4) is 5.75 Å². The van der Waals surface area contributed by atoms with Crippen molar-refractivity contribution in [2.24, 2.45) is 0 Å². The smallest absolute Gasteiger partial charge is 0.340 e. The van der Waals surface area contributed by atoms with Crippen molar-refractivity contribution in [1.29, 1.82) is 0 Å². The van der Waals surface area contributed by atoms with Gasteiger partial charge in [0.1, 0.15) is 11.9 Å². The summed E-state index contributed by atoms with van der Waals surface area (Å²) in [4.78, 5) is 11.8. The van der Waals surface area contributed by atoms with Gasteiger partial charge in [-0.15, -0.1) is 0 Å². The average Bonchev–Trinajstić information content (AvgIpc) is 2.40. The van der Waals surface area contributed by atoms with Gasteiger partial charge in [-0.2, -0.15) is 0 Å². The molecule has 0 bridgehead atoms. The molecule has 5 nitrogen and oxygen atoms in total. The van der Waals surface area contributed by atoms with Crippen molar-refractivity contribution in [2.75, 3.05) is 12.3 Å². The van der Waals surface area contributed by atoms with Gasteiger partial charge >= 0.3 is 5.97 Å². The van der Waals surface area contributed by atoms with E-state index in [-0.39, 0.29) is 18.3 Å². The molecule has 2 atom stereocenters. The summed E-state index contributed by atoms with van der Waals surface area (Å²) >= 11 is 0. The Balaban J connectivity index is 2.10. The average molecular weight is 293 g/mol. The highest BCUT2D eigenvalue weighted by molar-refractivity contribution is 5.95. The molecule has 1 aromatic carbocycles. The molecule has 2 N–H and O–H groups in total. The highest BCUT2D eigenvalue weighted by Crippen LogP contribution is 2.26. The molecule has 1 aliphatic heterocycles. The number of carbonyl (C=O) groups excluding carboxylic acids is 1. The normalized spacial score (nSPS) is 25.4. The van der Waals surface area contributed by atoms with E-state index >= 15 is 0 Å². The minimum absolute atomic E-state index is 0.0856. The van der Waals surface area contributed by atoms with E-state index in [0.717, 1.165) is 12.8 Å². The molecule has 1 heterocycles. The molecule has 1 fully saturated rings. The van der Waals surface area contributed by atoms with Crippen LogP contribution in [-0.2, 0) is 9.47 Å². The van der Waals surface area contributed by atoms with Gasteiger partial charge in [-0.3, -0.25) is 0 Å². The zero-order chi connectivity index (χ0) is 15.4. The lowest BCUT2D eigenvalue weighted by atomic mass is 10.0. The Morgan fingerprint density at radius 2 is 2.00 bits per heavy atom. The number of carbonyl (C=O) groups is 1. The number of nitrogens with two attached hydrogens (primary N) is 1. The standard InChI is InChI=1S/C16H23NO4/c1-4-19-16(18)14-9-12(5-6-15(14)17)21-13-7-10(2)20-11(3)8-13/h5-6,9-11,13H,4,7-8,17H2,1-3H3. The number of hydrogen-bond acceptors (Lipinski definition) is 5. The van der Waals surface area contributed by atoms with Crippen molar-refractivity contribution in [1.82, 2.24) is 0 Å². The second kappa shape index (κ2) is 6.80. The number of nitrogen functional groups attached to an aromatic ring is 1. The van der Waals surface area contributed by atoms with E-state index in [2.05, 4.69) is 0 Å². The number of hydrogen-bond donors (Lipinski definition) is 1. The summed E-state index contributed by atoms with van der Waals surface area (Å²) < 4.78 is 16.7. The zero-order valence-electron chi connectivity index (χ0n) is 12.8. The highest BCUT2D eigenvalue weighted by Gasteiger charge is 2.26. The molecule has 2 rings (SSSR count). The summed E-state index contributed by atoms with van der Waals surface area (Å²) in [6, 6.07) is 5.11. The summed E-state index contributed by atoms with van der Waals surface area (Å²) in [5, 5.41) is 0. The van der Waals surface area contributed by atoms with Crippen molar-refractivity contribution in [3.05, 3.63) is 23.8 Å². The molecule has 116 valence electrons. The van der Waals surface area contributed by atoms with Gasteiger partial charge in [0, 0.05) is 18.5 Å². The minimum Gasteiger partial charge on any atom is -0.490 e. The first-order valence-corrected chi connectivity index (χ1v) is 7.38. The quantitative estimate of drug-likeness (QED) is 0.682. The SMILES string of the molecule is CCOC(=O)c1cc(OC2CC(C)OC(C)C2)ccc1N. The Hall–Kier alpha value is -1.75. The number of ether oxygens (including phenoxy) is 3. The fourth-order valence-corrected chi connectivity index (χ4v) is 2.63. The van der Waals surface area contributed by atoms with Crippen LogP contribution in [0.5, 0.6) is 5.75 Å². The molecular formula is C16H23NO4. The number of benzene rings is 1. The zero-order valence-corrected chi connectivity index (χ0v) is 12.8.